The Kier molecular flexibility index (Phi) is 3.39. The molecule has 0 N–H and O–H groups in total. The summed E-state index contributed by atoms with van der Waals surface area (Å²) in [6, 6.07) is 10.9. The second-order valence-corrected chi connectivity index (χ2v) is 6.64. The highest BCUT2D eigenvalue weighted by atomic mass is 16.5. The van der Waals surface area contributed by atoms with Gasteiger partial charge in [-0.25, -0.2) is 0 Å². The zero-order valence-corrected chi connectivity index (χ0v) is 12.1. The van der Waals surface area contributed by atoms with Gasteiger partial charge in [0.15, 0.2) is 0 Å². The van der Waals surface area contributed by atoms with E-state index >= 15 is 0 Å². The molecule has 0 bridgehead atoms. The van der Waals surface area contributed by atoms with Gasteiger partial charge in [0, 0.05) is 11.8 Å². The van der Waals surface area contributed by atoms with Crippen LogP contribution in [0.15, 0.2) is 42.0 Å². The van der Waals surface area contributed by atoms with Crippen molar-refractivity contribution in [3.8, 4) is 0 Å². The number of rotatable bonds is 1. The van der Waals surface area contributed by atoms with Crippen molar-refractivity contribution in [3.63, 3.8) is 0 Å². The van der Waals surface area contributed by atoms with Crippen molar-refractivity contribution in [1.82, 2.24) is 0 Å². The summed E-state index contributed by atoms with van der Waals surface area (Å²) in [4.78, 5) is 0. The van der Waals surface area contributed by atoms with Crippen molar-refractivity contribution in [2.45, 2.75) is 57.2 Å². The third kappa shape index (κ3) is 2.13. The Morgan fingerprint density at radius 1 is 0.850 bits per heavy atom. The molecule has 1 nitrogen and oxygen atoms in total. The first kappa shape index (κ1) is 12.6. The predicted octanol–water partition coefficient (Wildman–Crippen LogP) is 5.04. The molecule has 0 radical (unpaired) electrons. The molecule has 106 valence electrons. The topological polar surface area (TPSA) is 9.23 Å². The van der Waals surface area contributed by atoms with Gasteiger partial charge >= 0.3 is 0 Å². The third-order valence-electron chi connectivity index (χ3n) is 5.47. The van der Waals surface area contributed by atoms with Crippen LogP contribution in [0.3, 0.4) is 0 Å². The minimum Gasteiger partial charge on any atom is -0.369 e. The van der Waals surface area contributed by atoms with Gasteiger partial charge in [-0.1, -0.05) is 54.8 Å². The maximum absolute atomic E-state index is 6.61. The molecule has 2 fully saturated rings. The van der Waals surface area contributed by atoms with E-state index in [0.717, 1.165) is 5.92 Å². The number of fused-ring (bicyclic) bond motifs is 3. The van der Waals surface area contributed by atoms with Gasteiger partial charge in [0.25, 0.3) is 0 Å². The van der Waals surface area contributed by atoms with Crippen LogP contribution in [0.2, 0.25) is 0 Å². The van der Waals surface area contributed by atoms with Crippen LogP contribution in [0.4, 0.5) is 0 Å². The molecule has 3 aliphatic rings. The fourth-order valence-corrected chi connectivity index (χ4v) is 4.55. The van der Waals surface area contributed by atoms with Crippen molar-refractivity contribution in [2.75, 3.05) is 0 Å². The molecule has 20 heavy (non-hydrogen) atoms. The van der Waals surface area contributed by atoms with Crippen LogP contribution in [0.1, 0.15) is 56.6 Å². The number of benzene rings is 1. The van der Waals surface area contributed by atoms with E-state index in [9.17, 15) is 0 Å². The Labute approximate surface area is 122 Å². The molecule has 0 aromatic heterocycles. The number of hydrogen-bond acceptors (Lipinski definition) is 1. The molecule has 4 rings (SSSR count). The van der Waals surface area contributed by atoms with Crippen LogP contribution in [-0.4, -0.2) is 6.10 Å². The standard InChI is InChI=1S/C19H24O/c1-2-8-14(9-3-1)19-17-12-5-4-10-15(17)16-11-6-7-13-18(16)20-19/h1-3,8-10,16-19H,4-7,11-13H2/t16-,17+,18+,19-/m1/s1. The second kappa shape index (κ2) is 5.37. The fourth-order valence-electron chi connectivity index (χ4n) is 4.55. The minimum absolute atomic E-state index is 0.307. The molecular formula is C19H24O. The minimum atomic E-state index is 0.307. The van der Waals surface area contributed by atoms with Crippen LogP contribution in [-0.2, 0) is 4.74 Å². The van der Waals surface area contributed by atoms with E-state index < -0.39 is 0 Å². The summed E-state index contributed by atoms with van der Waals surface area (Å²) in [7, 11) is 0. The average Bonchev–Trinajstić information content (AvgIpc) is 2.55. The van der Waals surface area contributed by atoms with Crippen LogP contribution in [0.5, 0.6) is 0 Å². The summed E-state index contributed by atoms with van der Waals surface area (Å²) in [5.41, 5.74) is 3.13. The van der Waals surface area contributed by atoms with Crippen molar-refractivity contribution in [1.29, 1.82) is 0 Å². The summed E-state index contributed by atoms with van der Waals surface area (Å²) >= 11 is 0. The Morgan fingerprint density at radius 3 is 2.55 bits per heavy atom. The highest BCUT2D eigenvalue weighted by molar-refractivity contribution is 5.27. The summed E-state index contributed by atoms with van der Waals surface area (Å²) in [6.07, 6.45) is 12.6. The zero-order valence-electron chi connectivity index (χ0n) is 12.1. The van der Waals surface area contributed by atoms with Gasteiger partial charge in [-0.15, -0.1) is 0 Å². The molecule has 1 saturated carbocycles. The molecule has 1 aliphatic heterocycles. The lowest BCUT2D eigenvalue weighted by atomic mass is 9.68. The normalized spacial score (nSPS) is 36.7. The van der Waals surface area contributed by atoms with Crippen LogP contribution in [0.25, 0.3) is 0 Å². The van der Waals surface area contributed by atoms with E-state index in [1.807, 2.05) is 0 Å². The van der Waals surface area contributed by atoms with Gasteiger partial charge in [0.1, 0.15) is 0 Å². The van der Waals surface area contributed by atoms with Gasteiger partial charge < -0.3 is 4.74 Å². The first-order valence-corrected chi connectivity index (χ1v) is 8.34. The lowest BCUT2D eigenvalue weighted by Gasteiger charge is -2.47. The Bertz CT molecular complexity index is 490. The Morgan fingerprint density at radius 2 is 1.65 bits per heavy atom. The van der Waals surface area contributed by atoms with Gasteiger partial charge in [-0.2, -0.15) is 0 Å². The smallest absolute Gasteiger partial charge is 0.0894 e. The highest BCUT2D eigenvalue weighted by Gasteiger charge is 2.43. The quantitative estimate of drug-likeness (QED) is 0.648. The first-order valence-electron chi connectivity index (χ1n) is 8.34. The lowest BCUT2D eigenvalue weighted by Crippen LogP contribution is -2.41. The lowest BCUT2D eigenvalue weighted by molar-refractivity contribution is -0.106. The Hall–Kier alpha value is -1.08. The number of ether oxygens (including phenoxy) is 1. The zero-order chi connectivity index (χ0) is 13.4. The summed E-state index contributed by atoms with van der Waals surface area (Å²) in [6.45, 7) is 0. The highest BCUT2D eigenvalue weighted by Crippen LogP contribution is 2.50. The largest absolute Gasteiger partial charge is 0.369 e. The van der Waals surface area contributed by atoms with Crippen LogP contribution >= 0.6 is 0 Å². The molecule has 0 spiro atoms. The molecule has 0 unspecified atom stereocenters. The monoisotopic (exact) mass is 268 g/mol. The maximum atomic E-state index is 6.61. The number of allylic oxidation sites excluding steroid dienone is 1. The van der Waals surface area contributed by atoms with Gasteiger partial charge in [-0.3, -0.25) is 0 Å². The molecule has 4 atom stereocenters. The van der Waals surface area contributed by atoms with E-state index in [-0.39, 0.29) is 0 Å². The molecule has 2 aliphatic carbocycles. The molecule has 1 aromatic carbocycles. The van der Waals surface area contributed by atoms with E-state index in [2.05, 4.69) is 36.4 Å². The van der Waals surface area contributed by atoms with Crippen molar-refractivity contribution < 1.29 is 4.74 Å². The summed E-state index contributed by atoms with van der Waals surface area (Å²) in [5, 5.41) is 0. The second-order valence-electron chi connectivity index (χ2n) is 6.64. The maximum Gasteiger partial charge on any atom is 0.0894 e. The van der Waals surface area contributed by atoms with Gasteiger partial charge in [0.05, 0.1) is 12.2 Å². The molecule has 1 aromatic rings. The summed E-state index contributed by atoms with van der Waals surface area (Å²) < 4.78 is 6.61. The molecule has 1 saturated heterocycles. The Balaban J connectivity index is 1.70. The molecule has 0 amide bonds. The SMILES string of the molecule is C1=C2[C@H]3CCCC[C@@H]3O[C@H](c3ccccc3)[C@H]2CCC1. The summed E-state index contributed by atoms with van der Waals surface area (Å²) in [5.74, 6) is 1.37. The van der Waals surface area contributed by atoms with E-state index in [1.54, 1.807) is 5.57 Å². The van der Waals surface area contributed by atoms with Gasteiger partial charge in [0.2, 0.25) is 0 Å². The van der Waals surface area contributed by atoms with Crippen molar-refractivity contribution in [2.24, 2.45) is 11.8 Å². The van der Waals surface area contributed by atoms with Crippen LogP contribution in [0, 0.1) is 11.8 Å². The molecule has 1 heteroatoms. The number of hydrogen-bond donors (Lipinski definition) is 0. The van der Waals surface area contributed by atoms with Crippen molar-refractivity contribution >= 4 is 0 Å². The average molecular weight is 268 g/mol. The predicted molar refractivity (Wildman–Crippen MR) is 81.4 cm³/mol. The van der Waals surface area contributed by atoms with E-state index in [1.165, 1.54) is 50.5 Å². The molecule has 1 heterocycles. The first-order chi connectivity index (χ1) is 9.93. The fraction of sp³-hybridized carbons (Fsp3) is 0.579. The van der Waals surface area contributed by atoms with E-state index in [4.69, 9.17) is 4.74 Å². The van der Waals surface area contributed by atoms with E-state index in [0.29, 0.717) is 18.1 Å². The van der Waals surface area contributed by atoms with Gasteiger partial charge in [-0.05, 0) is 37.7 Å². The van der Waals surface area contributed by atoms with Crippen LogP contribution < -0.4 is 0 Å². The third-order valence-corrected chi connectivity index (χ3v) is 5.47. The molecular weight excluding hydrogens is 244 g/mol. The van der Waals surface area contributed by atoms with Crippen molar-refractivity contribution in [3.05, 3.63) is 47.5 Å².